The van der Waals surface area contributed by atoms with Crippen LogP contribution in [0, 0.1) is 6.92 Å². The maximum atomic E-state index is 4.80. The fraction of sp³-hybridized carbons (Fsp3) is 0.0500. The molecule has 1 N–H and O–H groups in total. The zero-order chi connectivity index (χ0) is 16.8. The van der Waals surface area contributed by atoms with E-state index in [-0.39, 0.29) is 0 Å². The minimum atomic E-state index is 0.886. The average molecular weight is 325 g/mol. The van der Waals surface area contributed by atoms with Crippen molar-refractivity contribution in [3.05, 3.63) is 72.6 Å². The second-order valence-electron chi connectivity index (χ2n) is 6.09. The summed E-state index contributed by atoms with van der Waals surface area (Å²) in [5.41, 5.74) is 6.86. The molecular formula is C20H15N5. The normalized spacial score (nSPS) is 11.4. The predicted octanol–water partition coefficient (Wildman–Crippen LogP) is 4.27. The van der Waals surface area contributed by atoms with Crippen molar-refractivity contribution in [3.8, 4) is 16.9 Å². The van der Waals surface area contributed by atoms with Crippen LogP contribution in [0.15, 0.2) is 66.9 Å². The monoisotopic (exact) mass is 325 g/mol. The standard InChI is InChI=1S/C20H15N5/c1-13-7-9-18-19(22-13)20(25(24-18)16-5-3-2-4-6-16)14-8-10-17-15(11-14)12-21-23-17/h2-12H,1H3,(H,21,23). The van der Waals surface area contributed by atoms with Crippen LogP contribution in [0.4, 0.5) is 0 Å². The third-order valence-electron chi connectivity index (χ3n) is 4.37. The third kappa shape index (κ3) is 2.21. The highest BCUT2D eigenvalue weighted by Crippen LogP contribution is 2.31. The molecule has 0 unspecified atom stereocenters. The number of benzene rings is 2. The van der Waals surface area contributed by atoms with E-state index in [2.05, 4.69) is 34.5 Å². The number of rotatable bonds is 2. The summed E-state index contributed by atoms with van der Waals surface area (Å²) < 4.78 is 1.97. The molecule has 5 rings (SSSR count). The molecule has 0 aliphatic rings. The summed E-state index contributed by atoms with van der Waals surface area (Å²) in [6.45, 7) is 2.00. The van der Waals surface area contributed by atoms with Gasteiger partial charge in [-0.1, -0.05) is 24.3 Å². The SMILES string of the molecule is Cc1ccc2nn(-c3ccccc3)c(-c3ccc4[nH]ncc4c3)c2n1. The number of hydrogen-bond donors (Lipinski definition) is 1. The molecule has 2 aromatic carbocycles. The first-order valence-corrected chi connectivity index (χ1v) is 8.15. The maximum absolute atomic E-state index is 4.80. The lowest BCUT2D eigenvalue weighted by Gasteiger charge is -2.08. The van der Waals surface area contributed by atoms with Crippen molar-refractivity contribution in [2.24, 2.45) is 0 Å². The Bertz CT molecular complexity index is 1200. The Kier molecular flexibility index (Phi) is 2.94. The van der Waals surface area contributed by atoms with E-state index < -0.39 is 0 Å². The minimum absolute atomic E-state index is 0.886. The number of para-hydroxylation sites is 1. The lowest BCUT2D eigenvalue weighted by molar-refractivity contribution is 0.904. The summed E-state index contributed by atoms with van der Waals surface area (Å²) >= 11 is 0. The maximum Gasteiger partial charge on any atom is 0.117 e. The summed E-state index contributed by atoms with van der Waals surface area (Å²) in [6.07, 6.45) is 1.84. The van der Waals surface area contributed by atoms with Gasteiger partial charge in [0.2, 0.25) is 0 Å². The molecule has 3 aromatic heterocycles. The van der Waals surface area contributed by atoms with Gasteiger partial charge in [-0.3, -0.25) is 5.10 Å². The van der Waals surface area contributed by atoms with E-state index in [1.54, 1.807) is 0 Å². The Morgan fingerprint density at radius 1 is 0.960 bits per heavy atom. The van der Waals surface area contributed by atoms with Crippen LogP contribution in [0.25, 0.3) is 38.9 Å². The lowest BCUT2D eigenvalue weighted by atomic mass is 10.1. The van der Waals surface area contributed by atoms with Gasteiger partial charge in [0.15, 0.2) is 0 Å². The van der Waals surface area contributed by atoms with Crippen LogP contribution in [-0.4, -0.2) is 25.0 Å². The van der Waals surface area contributed by atoms with E-state index in [1.165, 1.54) is 0 Å². The highest BCUT2D eigenvalue weighted by Gasteiger charge is 2.16. The fourth-order valence-corrected chi connectivity index (χ4v) is 3.17. The number of H-pyrrole nitrogens is 1. The van der Waals surface area contributed by atoms with E-state index in [4.69, 9.17) is 10.1 Å². The molecule has 5 heteroatoms. The zero-order valence-electron chi connectivity index (χ0n) is 13.6. The van der Waals surface area contributed by atoms with Gasteiger partial charge in [0, 0.05) is 16.6 Å². The topological polar surface area (TPSA) is 59.4 Å². The van der Waals surface area contributed by atoms with Crippen LogP contribution in [0.2, 0.25) is 0 Å². The Morgan fingerprint density at radius 2 is 1.84 bits per heavy atom. The molecule has 3 heterocycles. The number of nitrogens with zero attached hydrogens (tertiary/aromatic N) is 4. The average Bonchev–Trinajstić information content (AvgIpc) is 3.25. The molecule has 0 atom stereocenters. The van der Waals surface area contributed by atoms with Gasteiger partial charge in [0.05, 0.1) is 17.4 Å². The summed E-state index contributed by atoms with van der Waals surface area (Å²) in [5.74, 6) is 0. The first-order valence-electron chi connectivity index (χ1n) is 8.15. The second kappa shape index (κ2) is 5.27. The van der Waals surface area contributed by atoms with Gasteiger partial charge in [-0.2, -0.15) is 10.2 Å². The van der Waals surface area contributed by atoms with E-state index in [0.717, 1.165) is 44.6 Å². The first-order chi connectivity index (χ1) is 12.3. The van der Waals surface area contributed by atoms with Crippen LogP contribution in [0.1, 0.15) is 5.69 Å². The number of aromatic amines is 1. The molecule has 0 amide bonds. The Morgan fingerprint density at radius 3 is 2.72 bits per heavy atom. The molecule has 0 radical (unpaired) electrons. The van der Waals surface area contributed by atoms with E-state index in [0.29, 0.717) is 0 Å². The van der Waals surface area contributed by atoms with Crippen LogP contribution in [-0.2, 0) is 0 Å². The van der Waals surface area contributed by atoms with E-state index in [9.17, 15) is 0 Å². The largest absolute Gasteiger partial charge is 0.278 e. The second-order valence-corrected chi connectivity index (χ2v) is 6.09. The molecule has 0 fully saturated rings. The molecular weight excluding hydrogens is 310 g/mol. The quantitative estimate of drug-likeness (QED) is 0.527. The molecule has 120 valence electrons. The van der Waals surface area contributed by atoms with Gasteiger partial charge in [0.1, 0.15) is 16.7 Å². The van der Waals surface area contributed by atoms with Crippen LogP contribution in [0.3, 0.4) is 0 Å². The number of aromatic nitrogens is 5. The highest BCUT2D eigenvalue weighted by molar-refractivity contribution is 5.94. The Hall–Kier alpha value is -3.47. The number of fused-ring (bicyclic) bond motifs is 2. The van der Waals surface area contributed by atoms with Crippen molar-refractivity contribution in [2.45, 2.75) is 6.92 Å². The van der Waals surface area contributed by atoms with Gasteiger partial charge < -0.3 is 0 Å². The molecule has 5 nitrogen and oxygen atoms in total. The van der Waals surface area contributed by atoms with Crippen LogP contribution < -0.4 is 0 Å². The van der Waals surface area contributed by atoms with Crippen molar-refractivity contribution in [3.63, 3.8) is 0 Å². The van der Waals surface area contributed by atoms with E-state index >= 15 is 0 Å². The zero-order valence-corrected chi connectivity index (χ0v) is 13.6. The lowest BCUT2D eigenvalue weighted by Crippen LogP contribution is -1.98. The summed E-state index contributed by atoms with van der Waals surface area (Å²) in [7, 11) is 0. The molecule has 5 aromatic rings. The van der Waals surface area contributed by atoms with Gasteiger partial charge in [-0.25, -0.2) is 9.67 Å². The van der Waals surface area contributed by atoms with Crippen molar-refractivity contribution in [1.82, 2.24) is 25.0 Å². The molecule has 0 bridgehead atoms. The van der Waals surface area contributed by atoms with Gasteiger partial charge >= 0.3 is 0 Å². The molecule has 0 aliphatic heterocycles. The number of hydrogen-bond acceptors (Lipinski definition) is 3. The van der Waals surface area contributed by atoms with Crippen LogP contribution in [0.5, 0.6) is 0 Å². The number of nitrogens with one attached hydrogen (secondary N) is 1. The smallest absolute Gasteiger partial charge is 0.117 e. The van der Waals surface area contributed by atoms with Gasteiger partial charge in [-0.05, 0) is 43.3 Å². The number of aryl methyl sites for hydroxylation is 1. The van der Waals surface area contributed by atoms with Crippen molar-refractivity contribution in [1.29, 1.82) is 0 Å². The van der Waals surface area contributed by atoms with Gasteiger partial charge in [-0.15, -0.1) is 0 Å². The predicted molar refractivity (Wildman–Crippen MR) is 98.7 cm³/mol. The molecule has 0 spiro atoms. The third-order valence-corrected chi connectivity index (χ3v) is 4.37. The number of pyridine rings is 1. The van der Waals surface area contributed by atoms with Crippen molar-refractivity contribution in [2.75, 3.05) is 0 Å². The summed E-state index contributed by atoms with van der Waals surface area (Å²) in [6, 6.07) is 20.4. The molecule has 25 heavy (non-hydrogen) atoms. The van der Waals surface area contributed by atoms with Crippen LogP contribution >= 0.6 is 0 Å². The van der Waals surface area contributed by atoms with Gasteiger partial charge in [0.25, 0.3) is 0 Å². The van der Waals surface area contributed by atoms with E-state index in [1.807, 2.05) is 54.2 Å². The summed E-state index contributed by atoms with van der Waals surface area (Å²) in [5, 5.41) is 13.0. The first kappa shape index (κ1) is 13.9. The Labute approximate surface area is 143 Å². The highest BCUT2D eigenvalue weighted by atomic mass is 15.3. The Balaban J connectivity index is 1.86. The minimum Gasteiger partial charge on any atom is -0.278 e. The fourth-order valence-electron chi connectivity index (χ4n) is 3.17. The summed E-state index contributed by atoms with van der Waals surface area (Å²) in [4.78, 5) is 4.76. The van der Waals surface area contributed by atoms with Crippen molar-refractivity contribution < 1.29 is 0 Å². The molecule has 0 aliphatic carbocycles. The molecule has 0 saturated heterocycles. The van der Waals surface area contributed by atoms with Crippen molar-refractivity contribution >= 4 is 21.9 Å². The molecule has 0 saturated carbocycles.